The number of hydrogen-bond donors (Lipinski definition) is 2. The topological polar surface area (TPSA) is 48.9 Å². The van der Waals surface area contributed by atoms with Gasteiger partial charge in [0.05, 0.1) is 11.9 Å². The van der Waals surface area contributed by atoms with Crippen LogP contribution in [0.25, 0.3) is 11.4 Å². The zero-order chi connectivity index (χ0) is 14.8. The molecule has 3 heteroatoms. The predicted molar refractivity (Wildman–Crippen MR) is 84.0 cm³/mol. The third-order valence-corrected chi connectivity index (χ3v) is 3.66. The first-order chi connectivity index (χ1) is 10.1. The van der Waals surface area contributed by atoms with Gasteiger partial charge in [-0.25, -0.2) is 4.98 Å². The van der Waals surface area contributed by atoms with Gasteiger partial charge >= 0.3 is 0 Å². The molecule has 1 aromatic heterocycles. The first-order valence-corrected chi connectivity index (χ1v) is 7.00. The van der Waals surface area contributed by atoms with Crippen molar-refractivity contribution >= 4 is 0 Å². The highest BCUT2D eigenvalue weighted by molar-refractivity contribution is 5.55. The Morgan fingerprint density at radius 2 is 1.81 bits per heavy atom. The fourth-order valence-corrected chi connectivity index (χ4v) is 2.52. The van der Waals surface area contributed by atoms with Gasteiger partial charge in [-0.2, -0.15) is 0 Å². The number of hydrogen-bond acceptors (Lipinski definition) is 2. The molecule has 1 heterocycles. The van der Waals surface area contributed by atoms with Crippen LogP contribution >= 0.6 is 0 Å². The maximum Gasteiger partial charge on any atom is 0.137 e. The second-order valence-corrected chi connectivity index (χ2v) is 5.32. The van der Waals surface area contributed by atoms with Crippen LogP contribution in [0, 0.1) is 13.8 Å². The summed E-state index contributed by atoms with van der Waals surface area (Å²) in [6, 6.07) is 16.0. The molecule has 0 saturated carbocycles. The van der Waals surface area contributed by atoms with Crippen molar-refractivity contribution in [1.29, 1.82) is 0 Å². The van der Waals surface area contributed by atoms with Gasteiger partial charge < -0.3 is 10.1 Å². The van der Waals surface area contributed by atoms with E-state index in [1.165, 1.54) is 5.56 Å². The van der Waals surface area contributed by atoms with Gasteiger partial charge in [0, 0.05) is 5.56 Å². The standard InChI is InChI=1S/C18H18N2O/c1-12-8-9-15(13(2)10-12)17(21)16-11-19-18(20-16)14-6-4-3-5-7-14/h3-11,17,21H,1-2H3,(H,19,20). The van der Waals surface area contributed by atoms with Gasteiger partial charge in [-0.1, -0.05) is 54.1 Å². The summed E-state index contributed by atoms with van der Waals surface area (Å²) in [6.45, 7) is 4.06. The first kappa shape index (κ1) is 13.6. The van der Waals surface area contributed by atoms with Gasteiger partial charge in [0.25, 0.3) is 0 Å². The number of aliphatic hydroxyl groups is 1. The fraction of sp³-hybridized carbons (Fsp3) is 0.167. The molecule has 0 saturated heterocycles. The Balaban J connectivity index is 1.92. The molecule has 0 spiro atoms. The predicted octanol–water partition coefficient (Wildman–Crippen LogP) is 3.78. The smallest absolute Gasteiger partial charge is 0.137 e. The van der Waals surface area contributed by atoms with E-state index in [2.05, 4.69) is 16.0 Å². The van der Waals surface area contributed by atoms with E-state index >= 15 is 0 Å². The van der Waals surface area contributed by atoms with E-state index in [1.54, 1.807) is 6.20 Å². The normalized spacial score (nSPS) is 12.3. The lowest BCUT2D eigenvalue weighted by Crippen LogP contribution is -2.02. The maximum atomic E-state index is 10.6. The summed E-state index contributed by atoms with van der Waals surface area (Å²) in [5.74, 6) is 0.773. The van der Waals surface area contributed by atoms with Crippen molar-refractivity contribution < 1.29 is 5.11 Å². The van der Waals surface area contributed by atoms with Gasteiger partial charge in [-0.05, 0) is 25.0 Å². The zero-order valence-electron chi connectivity index (χ0n) is 12.2. The number of aryl methyl sites for hydroxylation is 2. The average Bonchev–Trinajstić information content (AvgIpc) is 2.97. The van der Waals surface area contributed by atoms with Crippen molar-refractivity contribution in [3.05, 3.63) is 77.1 Å². The summed E-state index contributed by atoms with van der Waals surface area (Å²) in [7, 11) is 0. The van der Waals surface area contributed by atoms with Gasteiger partial charge in [0.1, 0.15) is 11.9 Å². The number of H-pyrrole nitrogens is 1. The molecule has 0 amide bonds. The third kappa shape index (κ3) is 2.73. The third-order valence-electron chi connectivity index (χ3n) is 3.66. The van der Waals surface area contributed by atoms with Crippen LogP contribution in [0.1, 0.15) is 28.5 Å². The Bertz CT molecular complexity index is 747. The molecule has 2 aromatic carbocycles. The van der Waals surface area contributed by atoms with Crippen molar-refractivity contribution in [3.63, 3.8) is 0 Å². The first-order valence-electron chi connectivity index (χ1n) is 7.00. The molecular formula is C18H18N2O. The van der Waals surface area contributed by atoms with E-state index in [9.17, 15) is 5.11 Å². The molecule has 3 rings (SSSR count). The van der Waals surface area contributed by atoms with Crippen LogP contribution in [-0.4, -0.2) is 15.1 Å². The van der Waals surface area contributed by atoms with Crippen LogP contribution in [0.15, 0.2) is 54.7 Å². The average molecular weight is 278 g/mol. The lowest BCUT2D eigenvalue weighted by Gasteiger charge is -2.12. The molecule has 0 aliphatic heterocycles. The molecule has 1 unspecified atom stereocenters. The maximum absolute atomic E-state index is 10.6. The number of aliphatic hydroxyl groups excluding tert-OH is 1. The lowest BCUT2D eigenvalue weighted by molar-refractivity contribution is 0.215. The van der Waals surface area contributed by atoms with E-state index in [4.69, 9.17) is 0 Å². The zero-order valence-corrected chi connectivity index (χ0v) is 12.2. The number of nitrogens with one attached hydrogen (secondary N) is 1. The number of benzene rings is 2. The number of nitrogens with zero attached hydrogens (tertiary/aromatic N) is 1. The number of aromatic amines is 1. The number of rotatable bonds is 3. The molecule has 0 radical (unpaired) electrons. The Labute approximate surface area is 124 Å². The molecule has 2 N–H and O–H groups in total. The van der Waals surface area contributed by atoms with Gasteiger partial charge in [-0.15, -0.1) is 0 Å². The lowest BCUT2D eigenvalue weighted by atomic mass is 9.99. The molecule has 3 nitrogen and oxygen atoms in total. The summed E-state index contributed by atoms with van der Waals surface area (Å²) < 4.78 is 0. The van der Waals surface area contributed by atoms with Gasteiger partial charge in [-0.3, -0.25) is 0 Å². The highest BCUT2D eigenvalue weighted by Gasteiger charge is 2.15. The van der Waals surface area contributed by atoms with Crippen molar-refractivity contribution in [2.75, 3.05) is 0 Å². The second-order valence-electron chi connectivity index (χ2n) is 5.32. The number of imidazole rings is 1. The van der Waals surface area contributed by atoms with Crippen LogP contribution in [-0.2, 0) is 0 Å². The van der Waals surface area contributed by atoms with Gasteiger partial charge in [0.15, 0.2) is 0 Å². The summed E-state index contributed by atoms with van der Waals surface area (Å²) in [6.07, 6.45) is 1.02. The largest absolute Gasteiger partial charge is 0.382 e. The minimum atomic E-state index is -0.685. The van der Waals surface area contributed by atoms with E-state index in [0.717, 1.165) is 22.5 Å². The number of aromatic nitrogens is 2. The minimum Gasteiger partial charge on any atom is -0.382 e. The monoisotopic (exact) mass is 278 g/mol. The Hall–Kier alpha value is -2.39. The van der Waals surface area contributed by atoms with Gasteiger partial charge in [0.2, 0.25) is 0 Å². The highest BCUT2D eigenvalue weighted by Crippen LogP contribution is 2.26. The highest BCUT2D eigenvalue weighted by atomic mass is 16.3. The molecule has 1 atom stereocenters. The van der Waals surface area contributed by atoms with E-state index < -0.39 is 6.10 Å². The van der Waals surface area contributed by atoms with Crippen molar-refractivity contribution in [3.8, 4) is 11.4 Å². The summed E-state index contributed by atoms with van der Waals surface area (Å²) in [5, 5.41) is 10.6. The van der Waals surface area contributed by atoms with Crippen LogP contribution in [0.4, 0.5) is 0 Å². The summed E-state index contributed by atoms with van der Waals surface area (Å²) >= 11 is 0. The molecule has 106 valence electrons. The molecule has 0 aliphatic carbocycles. The molecule has 0 bridgehead atoms. The van der Waals surface area contributed by atoms with Crippen LogP contribution in [0.2, 0.25) is 0 Å². The second kappa shape index (κ2) is 5.54. The molecular weight excluding hydrogens is 260 g/mol. The van der Waals surface area contributed by atoms with E-state index in [0.29, 0.717) is 5.69 Å². The Morgan fingerprint density at radius 1 is 1.05 bits per heavy atom. The Kier molecular flexibility index (Phi) is 3.59. The summed E-state index contributed by atoms with van der Waals surface area (Å²) in [4.78, 5) is 7.57. The Morgan fingerprint density at radius 3 is 2.52 bits per heavy atom. The van der Waals surface area contributed by atoms with Crippen molar-refractivity contribution in [1.82, 2.24) is 9.97 Å². The molecule has 3 aromatic rings. The molecule has 0 fully saturated rings. The summed E-state index contributed by atoms with van der Waals surface area (Å²) in [5.41, 5.74) is 4.90. The van der Waals surface area contributed by atoms with Crippen LogP contribution in [0.3, 0.4) is 0 Å². The van der Waals surface area contributed by atoms with E-state index in [1.807, 2.05) is 56.3 Å². The van der Waals surface area contributed by atoms with Crippen LogP contribution < -0.4 is 0 Å². The SMILES string of the molecule is Cc1ccc(C(O)c2cnc(-c3ccccc3)[nH]2)c(C)c1. The minimum absolute atomic E-state index is 0.685. The fourth-order valence-electron chi connectivity index (χ4n) is 2.52. The van der Waals surface area contributed by atoms with E-state index in [-0.39, 0.29) is 0 Å². The van der Waals surface area contributed by atoms with Crippen molar-refractivity contribution in [2.24, 2.45) is 0 Å². The molecule has 0 aliphatic rings. The van der Waals surface area contributed by atoms with Crippen LogP contribution in [0.5, 0.6) is 0 Å². The molecule has 21 heavy (non-hydrogen) atoms. The quantitative estimate of drug-likeness (QED) is 0.766. The van der Waals surface area contributed by atoms with Crippen molar-refractivity contribution in [2.45, 2.75) is 20.0 Å².